The number of anilines is 1. The Bertz CT molecular complexity index is 3090. The molecule has 0 saturated heterocycles. The summed E-state index contributed by atoms with van der Waals surface area (Å²) >= 11 is 0. The van der Waals surface area contributed by atoms with Crippen molar-refractivity contribution in [2.24, 2.45) is 4.99 Å². The van der Waals surface area contributed by atoms with E-state index in [-0.39, 0.29) is 0 Å². The fourth-order valence-electron chi connectivity index (χ4n) is 7.99. The molecule has 9 aromatic carbocycles. The zero-order valence-corrected chi connectivity index (χ0v) is 30.7. The molecule has 56 heavy (non-hydrogen) atoms. The number of allylic oxidation sites excluding steroid dienone is 1. The lowest BCUT2D eigenvalue weighted by molar-refractivity contribution is 1.20. The van der Waals surface area contributed by atoms with Gasteiger partial charge >= 0.3 is 0 Å². The van der Waals surface area contributed by atoms with E-state index in [0.29, 0.717) is 0 Å². The SMILES string of the molecule is C(=Nc1ccc(-c2ccccc2-c2ccc3c4ccccc4n(-c4cccc5ccccc45)c3c2)cc1)/C(=C\Nc1cccc2ccccc12)c1ccccc1. The van der Waals surface area contributed by atoms with Crippen LogP contribution in [-0.2, 0) is 0 Å². The predicted molar refractivity (Wildman–Crippen MR) is 239 cm³/mol. The molecule has 0 amide bonds. The Kier molecular flexibility index (Phi) is 8.51. The summed E-state index contributed by atoms with van der Waals surface area (Å²) in [7, 11) is 0. The van der Waals surface area contributed by atoms with Crippen LogP contribution in [0.5, 0.6) is 0 Å². The standard InChI is InChI=1S/C53H37N3/c1-2-14-37(15-3-1)42(36-55-50-25-12-18-38-16-4-6-22-46(38)50)35-54-43-31-28-40(29-32-43)44-20-8-9-21-45(44)41-30-33-49-48-24-10-11-26-52(48)56(53(49)34-41)51-27-13-19-39-17-5-7-23-47(39)51/h1-36,55H/b42-36+,54-35?. The maximum atomic E-state index is 4.95. The van der Waals surface area contributed by atoms with Gasteiger partial charge in [-0.3, -0.25) is 4.99 Å². The Morgan fingerprint density at radius 2 is 1.04 bits per heavy atom. The predicted octanol–water partition coefficient (Wildman–Crippen LogP) is 14.3. The van der Waals surface area contributed by atoms with E-state index in [4.69, 9.17) is 4.99 Å². The van der Waals surface area contributed by atoms with Gasteiger partial charge in [0.2, 0.25) is 0 Å². The van der Waals surface area contributed by atoms with E-state index in [2.05, 4.69) is 210 Å². The molecule has 1 N–H and O–H groups in total. The van der Waals surface area contributed by atoms with Crippen molar-refractivity contribution in [1.29, 1.82) is 0 Å². The molecule has 0 aliphatic heterocycles. The van der Waals surface area contributed by atoms with E-state index in [0.717, 1.165) is 28.1 Å². The van der Waals surface area contributed by atoms with E-state index in [1.165, 1.54) is 65.7 Å². The van der Waals surface area contributed by atoms with Gasteiger partial charge in [-0.2, -0.15) is 0 Å². The molecular weight excluding hydrogens is 679 g/mol. The molecule has 0 spiro atoms. The van der Waals surface area contributed by atoms with Gasteiger partial charge in [0.1, 0.15) is 0 Å². The topological polar surface area (TPSA) is 29.3 Å². The van der Waals surface area contributed by atoms with Gasteiger partial charge in [0.05, 0.1) is 22.4 Å². The van der Waals surface area contributed by atoms with E-state index >= 15 is 0 Å². The van der Waals surface area contributed by atoms with Crippen molar-refractivity contribution in [2.45, 2.75) is 0 Å². The Labute approximate surface area is 326 Å². The van der Waals surface area contributed by atoms with Crippen molar-refractivity contribution in [2.75, 3.05) is 5.32 Å². The zero-order valence-electron chi connectivity index (χ0n) is 30.7. The second-order valence-corrected chi connectivity index (χ2v) is 14.1. The van der Waals surface area contributed by atoms with Crippen molar-refractivity contribution in [1.82, 2.24) is 4.57 Å². The van der Waals surface area contributed by atoms with Crippen LogP contribution in [0.15, 0.2) is 217 Å². The van der Waals surface area contributed by atoms with Crippen molar-refractivity contribution >= 4 is 66.5 Å². The van der Waals surface area contributed by atoms with Crippen molar-refractivity contribution < 1.29 is 0 Å². The van der Waals surface area contributed by atoms with Crippen LogP contribution in [0.1, 0.15) is 5.56 Å². The Morgan fingerprint density at radius 1 is 0.446 bits per heavy atom. The summed E-state index contributed by atoms with van der Waals surface area (Å²) in [6.45, 7) is 0. The molecule has 3 heteroatoms. The highest BCUT2D eigenvalue weighted by Crippen LogP contribution is 2.39. The monoisotopic (exact) mass is 715 g/mol. The Morgan fingerprint density at radius 3 is 1.84 bits per heavy atom. The number of rotatable bonds is 8. The molecule has 264 valence electrons. The first-order valence-corrected chi connectivity index (χ1v) is 19.0. The number of nitrogens with one attached hydrogen (secondary N) is 1. The van der Waals surface area contributed by atoms with Crippen LogP contribution in [0.3, 0.4) is 0 Å². The first kappa shape index (κ1) is 33.1. The molecule has 1 heterocycles. The van der Waals surface area contributed by atoms with E-state index in [9.17, 15) is 0 Å². The summed E-state index contributed by atoms with van der Waals surface area (Å²) in [5.74, 6) is 0. The molecular formula is C53H37N3. The van der Waals surface area contributed by atoms with E-state index < -0.39 is 0 Å². The highest BCUT2D eigenvalue weighted by atomic mass is 15.0. The number of aromatic nitrogens is 1. The Hall–Kier alpha value is -7.49. The van der Waals surface area contributed by atoms with Crippen LogP contribution >= 0.6 is 0 Å². The lowest BCUT2D eigenvalue weighted by atomic mass is 9.94. The normalized spacial score (nSPS) is 12.0. The van der Waals surface area contributed by atoms with Crippen LogP contribution in [0.25, 0.3) is 76.9 Å². The molecule has 0 atom stereocenters. The quantitative estimate of drug-likeness (QED) is 0.156. The Balaban J connectivity index is 0.998. The summed E-state index contributed by atoms with van der Waals surface area (Å²) < 4.78 is 2.43. The fraction of sp³-hybridized carbons (Fsp3) is 0. The van der Waals surface area contributed by atoms with Crippen LogP contribution in [0.2, 0.25) is 0 Å². The van der Waals surface area contributed by atoms with E-state index in [1.807, 2.05) is 18.5 Å². The average molecular weight is 716 g/mol. The van der Waals surface area contributed by atoms with E-state index in [1.54, 1.807) is 0 Å². The van der Waals surface area contributed by atoms with Gasteiger partial charge in [-0.05, 0) is 75.0 Å². The summed E-state index contributed by atoms with van der Waals surface area (Å²) in [5.41, 5.74) is 12.3. The number of nitrogens with zero attached hydrogens (tertiary/aromatic N) is 2. The maximum Gasteiger partial charge on any atom is 0.0630 e. The smallest absolute Gasteiger partial charge is 0.0630 e. The number of benzene rings is 9. The first-order chi connectivity index (χ1) is 27.8. The van der Waals surface area contributed by atoms with Gasteiger partial charge in [-0.15, -0.1) is 0 Å². The highest BCUT2D eigenvalue weighted by molar-refractivity contribution is 6.12. The number of para-hydroxylation sites is 1. The van der Waals surface area contributed by atoms with Crippen molar-refractivity contribution in [3.05, 3.63) is 218 Å². The molecule has 0 aliphatic carbocycles. The number of hydrogen-bond acceptors (Lipinski definition) is 2. The molecule has 0 saturated carbocycles. The van der Waals surface area contributed by atoms with Gasteiger partial charge in [-0.25, -0.2) is 0 Å². The minimum Gasteiger partial charge on any atom is -0.361 e. The summed E-state index contributed by atoms with van der Waals surface area (Å²) in [6.07, 6.45) is 3.99. The van der Waals surface area contributed by atoms with Gasteiger partial charge in [0.15, 0.2) is 0 Å². The molecule has 10 aromatic rings. The number of hydrogen-bond donors (Lipinski definition) is 1. The second-order valence-electron chi connectivity index (χ2n) is 14.1. The van der Waals surface area contributed by atoms with Crippen LogP contribution in [0, 0.1) is 0 Å². The number of aliphatic imine (C=N–C) groups is 1. The van der Waals surface area contributed by atoms with Crippen LogP contribution in [-0.4, -0.2) is 10.8 Å². The third-order valence-corrected chi connectivity index (χ3v) is 10.7. The first-order valence-electron chi connectivity index (χ1n) is 19.0. The maximum absolute atomic E-state index is 4.95. The molecule has 0 radical (unpaired) electrons. The molecule has 0 fully saturated rings. The molecule has 0 unspecified atom stereocenters. The van der Waals surface area contributed by atoms with Gasteiger partial charge in [0, 0.05) is 45.2 Å². The summed E-state index contributed by atoms with van der Waals surface area (Å²) in [4.78, 5) is 4.95. The third kappa shape index (κ3) is 6.12. The molecule has 1 aromatic heterocycles. The lowest BCUT2D eigenvalue weighted by Crippen LogP contribution is -1.95. The average Bonchev–Trinajstić information content (AvgIpc) is 3.60. The minimum absolute atomic E-state index is 0.888. The van der Waals surface area contributed by atoms with Crippen molar-refractivity contribution in [3.8, 4) is 27.9 Å². The molecule has 0 aliphatic rings. The van der Waals surface area contributed by atoms with Crippen LogP contribution in [0.4, 0.5) is 11.4 Å². The largest absolute Gasteiger partial charge is 0.361 e. The summed E-state index contributed by atoms with van der Waals surface area (Å²) in [6, 6.07) is 73.3. The minimum atomic E-state index is 0.888. The molecule has 3 nitrogen and oxygen atoms in total. The van der Waals surface area contributed by atoms with Gasteiger partial charge in [-0.1, -0.05) is 170 Å². The lowest BCUT2D eigenvalue weighted by Gasteiger charge is -2.14. The van der Waals surface area contributed by atoms with Crippen molar-refractivity contribution in [3.63, 3.8) is 0 Å². The summed E-state index contributed by atoms with van der Waals surface area (Å²) in [5, 5.41) is 10.9. The highest BCUT2D eigenvalue weighted by Gasteiger charge is 2.16. The van der Waals surface area contributed by atoms with Gasteiger partial charge < -0.3 is 9.88 Å². The molecule has 0 bridgehead atoms. The van der Waals surface area contributed by atoms with Crippen LogP contribution < -0.4 is 5.32 Å². The molecule has 10 rings (SSSR count). The third-order valence-electron chi connectivity index (χ3n) is 10.7. The number of fused-ring (bicyclic) bond motifs is 5. The zero-order chi connectivity index (χ0) is 37.3. The fourth-order valence-corrected chi connectivity index (χ4v) is 7.99. The second kappa shape index (κ2) is 14.4. The van der Waals surface area contributed by atoms with Gasteiger partial charge in [0.25, 0.3) is 0 Å².